The summed E-state index contributed by atoms with van der Waals surface area (Å²) in [5.74, 6) is -3.82. The highest BCUT2D eigenvalue weighted by Crippen LogP contribution is 2.33. The van der Waals surface area contributed by atoms with Gasteiger partial charge in [0, 0.05) is 0 Å². The van der Waals surface area contributed by atoms with Crippen LogP contribution in [0.4, 0.5) is 18.3 Å². The van der Waals surface area contributed by atoms with Gasteiger partial charge < -0.3 is 10.1 Å². The van der Waals surface area contributed by atoms with Crippen LogP contribution in [0, 0.1) is 17.5 Å². The number of carbonyl (C=O) groups is 1. The molecule has 150 valence electrons. The highest BCUT2D eigenvalue weighted by Gasteiger charge is 2.18. The Morgan fingerprint density at radius 1 is 1.14 bits per heavy atom. The van der Waals surface area contributed by atoms with Crippen LogP contribution in [0.2, 0.25) is 0 Å². The van der Waals surface area contributed by atoms with Gasteiger partial charge in [0.15, 0.2) is 26.9 Å². The summed E-state index contributed by atoms with van der Waals surface area (Å²) in [6.07, 6.45) is 0. The third kappa shape index (κ3) is 4.16. The highest BCUT2D eigenvalue weighted by atomic mass is 32.2. The van der Waals surface area contributed by atoms with Crippen molar-refractivity contribution in [1.29, 1.82) is 0 Å². The van der Waals surface area contributed by atoms with Crippen molar-refractivity contribution < 1.29 is 22.7 Å². The molecule has 1 N–H and O–H groups in total. The number of anilines is 1. The van der Waals surface area contributed by atoms with E-state index >= 15 is 0 Å². The van der Waals surface area contributed by atoms with Crippen molar-refractivity contribution in [2.24, 2.45) is 0 Å². The van der Waals surface area contributed by atoms with E-state index in [4.69, 9.17) is 4.74 Å². The van der Waals surface area contributed by atoms with Crippen LogP contribution in [-0.4, -0.2) is 28.2 Å². The lowest BCUT2D eigenvalue weighted by molar-refractivity contribution is -0.113. The monoisotopic (exact) mass is 455 g/mol. The number of nitrogens with zero attached hydrogens (tertiary/aromatic N) is 2. The first-order chi connectivity index (χ1) is 13.9. The first-order valence-electron chi connectivity index (χ1n) is 8.34. The van der Waals surface area contributed by atoms with Gasteiger partial charge in [-0.25, -0.2) is 23.1 Å². The van der Waals surface area contributed by atoms with Crippen LogP contribution >= 0.6 is 34.4 Å². The van der Waals surface area contributed by atoms with Crippen LogP contribution in [-0.2, 0) is 4.79 Å². The summed E-state index contributed by atoms with van der Waals surface area (Å²) >= 11 is 3.55. The van der Waals surface area contributed by atoms with Crippen molar-refractivity contribution in [3.8, 4) is 5.75 Å². The van der Waals surface area contributed by atoms with E-state index in [1.807, 2.05) is 25.1 Å². The number of rotatable bonds is 6. The van der Waals surface area contributed by atoms with E-state index in [9.17, 15) is 18.0 Å². The Labute approximate surface area is 174 Å². The van der Waals surface area contributed by atoms with Gasteiger partial charge in [0.1, 0.15) is 11.3 Å². The van der Waals surface area contributed by atoms with Crippen LogP contribution in [0.15, 0.2) is 28.6 Å². The van der Waals surface area contributed by atoms with Crippen molar-refractivity contribution in [2.75, 3.05) is 17.7 Å². The SMILES string of the molecule is CCOc1ccc2nc(SCC(=O)Nc3nc4c(F)c(F)c(F)cc4s3)sc2c1. The van der Waals surface area contributed by atoms with Crippen molar-refractivity contribution >= 4 is 65.9 Å². The molecular weight excluding hydrogens is 443 g/mol. The molecule has 2 heterocycles. The van der Waals surface area contributed by atoms with E-state index in [0.29, 0.717) is 10.9 Å². The summed E-state index contributed by atoms with van der Waals surface area (Å²) in [5.41, 5.74) is 0.500. The molecule has 0 atom stereocenters. The predicted molar refractivity (Wildman–Crippen MR) is 110 cm³/mol. The Bertz CT molecular complexity index is 1230. The van der Waals surface area contributed by atoms with Crippen molar-refractivity contribution in [1.82, 2.24) is 9.97 Å². The van der Waals surface area contributed by atoms with Gasteiger partial charge in [0.05, 0.1) is 27.3 Å². The molecule has 2 aromatic carbocycles. The second-order valence-corrected chi connectivity index (χ2v) is 9.02. The number of ether oxygens (including phenoxy) is 1. The fourth-order valence-corrected chi connectivity index (χ4v) is 5.31. The Morgan fingerprint density at radius 3 is 2.76 bits per heavy atom. The van der Waals surface area contributed by atoms with Crippen molar-refractivity contribution in [2.45, 2.75) is 11.3 Å². The minimum atomic E-state index is -1.58. The van der Waals surface area contributed by atoms with E-state index in [1.165, 1.54) is 23.1 Å². The topological polar surface area (TPSA) is 64.1 Å². The summed E-state index contributed by atoms with van der Waals surface area (Å²) in [6, 6.07) is 6.45. The lowest BCUT2D eigenvalue weighted by atomic mass is 10.3. The van der Waals surface area contributed by atoms with Gasteiger partial charge in [-0.1, -0.05) is 23.1 Å². The maximum Gasteiger partial charge on any atom is 0.236 e. The zero-order chi connectivity index (χ0) is 20.5. The number of halogens is 3. The van der Waals surface area contributed by atoms with E-state index in [2.05, 4.69) is 15.3 Å². The number of thioether (sulfide) groups is 1. The Kier molecular flexibility index (Phi) is 5.61. The number of thiazole rings is 2. The number of nitrogens with one attached hydrogen (secondary N) is 1. The zero-order valence-corrected chi connectivity index (χ0v) is 17.2. The molecule has 1 amide bonds. The fourth-order valence-electron chi connectivity index (χ4n) is 2.51. The van der Waals surface area contributed by atoms with E-state index in [0.717, 1.165) is 33.4 Å². The molecule has 4 aromatic rings. The van der Waals surface area contributed by atoms with Crippen LogP contribution in [0.1, 0.15) is 6.92 Å². The molecule has 29 heavy (non-hydrogen) atoms. The molecule has 0 aliphatic rings. The molecule has 4 rings (SSSR count). The second kappa shape index (κ2) is 8.17. The largest absolute Gasteiger partial charge is 0.494 e. The summed E-state index contributed by atoms with van der Waals surface area (Å²) in [7, 11) is 0. The average molecular weight is 456 g/mol. The van der Waals surface area contributed by atoms with Gasteiger partial charge in [-0.15, -0.1) is 11.3 Å². The smallest absolute Gasteiger partial charge is 0.236 e. The lowest BCUT2D eigenvalue weighted by Crippen LogP contribution is -2.13. The Balaban J connectivity index is 1.43. The molecular formula is C18H12F3N3O2S3. The van der Waals surface area contributed by atoms with Crippen LogP contribution in [0.25, 0.3) is 20.4 Å². The fraction of sp³-hybridized carbons (Fsp3) is 0.167. The minimum absolute atomic E-state index is 0.0548. The summed E-state index contributed by atoms with van der Waals surface area (Å²) in [6.45, 7) is 2.48. The molecule has 5 nitrogen and oxygen atoms in total. The molecule has 0 aliphatic heterocycles. The van der Waals surface area contributed by atoms with Crippen LogP contribution < -0.4 is 10.1 Å². The third-order valence-corrected chi connectivity index (χ3v) is 6.82. The molecule has 0 saturated carbocycles. The normalized spacial score (nSPS) is 11.3. The highest BCUT2D eigenvalue weighted by molar-refractivity contribution is 8.01. The third-order valence-electron chi connectivity index (χ3n) is 3.75. The number of carbonyl (C=O) groups excluding carboxylic acids is 1. The van der Waals surface area contributed by atoms with E-state index < -0.39 is 17.5 Å². The van der Waals surface area contributed by atoms with Gasteiger partial charge in [-0.3, -0.25) is 4.79 Å². The molecule has 11 heteroatoms. The molecule has 0 spiro atoms. The summed E-state index contributed by atoms with van der Waals surface area (Å²) < 4.78 is 47.6. The van der Waals surface area contributed by atoms with Crippen LogP contribution in [0.5, 0.6) is 5.75 Å². The quantitative estimate of drug-likeness (QED) is 0.309. The predicted octanol–water partition coefficient (Wildman–Crippen LogP) is 5.45. The Hall–Kier alpha value is -2.37. The molecule has 0 aliphatic carbocycles. The maximum atomic E-state index is 13.8. The van der Waals surface area contributed by atoms with Gasteiger partial charge in [-0.2, -0.15) is 0 Å². The first-order valence-corrected chi connectivity index (χ1v) is 11.0. The van der Waals surface area contributed by atoms with Crippen LogP contribution in [0.3, 0.4) is 0 Å². The number of fused-ring (bicyclic) bond motifs is 2. The summed E-state index contributed by atoms with van der Waals surface area (Å²) in [4.78, 5) is 20.5. The van der Waals surface area contributed by atoms with Gasteiger partial charge in [0.2, 0.25) is 5.91 Å². The molecule has 0 fully saturated rings. The van der Waals surface area contributed by atoms with Crippen molar-refractivity contribution in [3.05, 3.63) is 41.7 Å². The standard InChI is InChI=1S/C18H12F3N3O2S3/c1-2-26-8-3-4-10-11(5-8)29-18(22-10)27-7-13(25)23-17-24-16-12(28-17)6-9(19)14(20)15(16)21/h3-6H,2,7H2,1H3,(H,23,24,25). The van der Waals surface area contributed by atoms with Gasteiger partial charge in [-0.05, 0) is 31.2 Å². The second-order valence-electron chi connectivity index (χ2n) is 5.73. The number of aromatic nitrogens is 2. The number of benzene rings is 2. The number of hydrogen-bond donors (Lipinski definition) is 1. The molecule has 0 unspecified atom stereocenters. The van der Waals surface area contributed by atoms with Crippen molar-refractivity contribution in [3.63, 3.8) is 0 Å². The van der Waals surface area contributed by atoms with E-state index in [-0.39, 0.29) is 27.0 Å². The van der Waals surface area contributed by atoms with E-state index in [1.54, 1.807) is 0 Å². The molecule has 0 radical (unpaired) electrons. The maximum absolute atomic E-state index is 13.8. The molecule has 2 aromatic heterocycles. The van der Waals surface area contributed by atoms with Gasteiger partial charge >= 0.3 is 0 Å². The molecule has 0 bridgehead atoms. The number of hydrogen-bond acceptors (Lipinski definition) is 7. The Morgan fingerprint density at radius 2 is 1.97 bits per heavy atom. The first kappa shape index (κ1) is 19.9. The van der Waals surface area contributed by atoms with Gasteiger partial charge in [0.25, 0.3) is 0 Å². The molecule has 0 saturated heterocycles. The summed E-state index contributed by atoms with van der Waals surface area (Å²) in [5, 5.41) is 2.59. The number of amides is 1. The lowest BCUT2D eigenvalue weighted by Gasteiger charge is -2.00. The minimum Gasteiger partial charge on any atom is -0.494 e. The average Bonchev–Trinajstić information content (AvgIpc) is 3.28. The zero-order valence-electron chi connectivity index (χ0n) is 14.8.